The third-order valence-corrected chi connectivity index (χ3v) is 13.5. The summed E-state index contributed by atoms with van der Waals surface area (Å²) < 4.78 is 46.0. The fourth-order valence-electron chi connectivity index (χ4n) is 7.61. The third kappa shape index (κ3) is 39.4. The minimum Gasteiger partial charge on any atom is -0.465 e. The second kappa shape index (κ2) is 45.1. The third-order valence-electron chi connectivity index (χ3n) is 12.3. The van der Waals surface area contributed by atoms with E-state index in [1.54, 1.807) is 27.8 Å². The number of nitrogens with one attached hydrogen (secondary N) is 1. The zero-order valence-electron chi connectivity index (χ0n) is 44.7. The van der Waals surface area contributed by atoms with E-state index in [0.29, 0.717) is 25.7 Å². The topological polar surface area (TPSA) is 173 Å². The maximum absolute atomic E-state index is 13.1. The van der Waals surface area contributed by atoms with Gasteiger partial charge >= 0.3 is 31.7 Å². The molecule has 0 aromatic carbocycles. The predicted octanol–water partition coefficient (Wildman–Crippen LogP) is 14.1. The monoisotopic (exact) mass is 978 g/mol. The first-order chi connectivity index (χ1) is 32.2. The molecular weight excluding hydrogens is 874 g/mol. The van der Waals surface area contributed by atoms with Crippen molar-refractivity contribution in [2.75, 3.05) is 33.5 Å². The van der Waals surface area contributed by atoms with Crippen molar-refractivity contribution < 1.29 is 56.6 Å². The number of carbonyl (C=O) groups excluding carboxylic acids is 4. The van der Waals surface area contributed by atoms with Crippen molar-refractivity contribution in [3.63, 3.8) is 0 Å². The van der Waals surface area contributed by atoms with Crippen molar-refractivity contribution in [1.82, 2.24) is 5.32 Å². The van der Waals surface area contributed by atoms with E-state index in [2.05, 4.69) is 33.0 Å². The van der Waals surface area contributed by atoms with Crippen molar-refractivity contribution in [2.45, 2.75) is 273 Å². The van der Waals surface area contributed by atoms with E-state index in [-0.39, 0.29) is 55.9 Å². The average molecular weight is 978 g/mol. The molecule has 5 unspecified atom stereocenters. The highest BCUT2D eigenvalue weighted by Crippen LogP contribution is 2.48. The molecule has 0 amide bonds. The first-order valence-electron chi connectivity index (χ1n) is 27.2. The Hall–Kier alpha value is -2.05. The summed E-state index contributed by atoms with van der Waals surface area (Å²) in [6, 6.07) is -0.303. The van der Waals surface area contributed by atoms with Crippen LogP contribution in [0.15, 0.2) is 0 Å². The van der Waals surface area contributed by atoms with E-state index in [0.717, 1.165) is 103 Å². The summed E-state index contributed by atoms with van der Waals surface area (Å²) in [5, 5.41) is 2.99. The Morgan fingerprint density at radius 2 is 0.910 bits per heavy atom. The number of hydrogen-bond donors (Lipinski definition) is 2. The van der Waals surface area contributed by atoms with E-state index in [1.807, 2.05) is 13.8 Å². The fourth-order valence-corrected chi connectivity index (χ4v) is 8.77. The van der Waals surface area contributed by atoms with Crippen LogP contribution in [0.4, 0.5) is 0 Å². The quantitative estimate of drug-likeness (QED) is 0.0256. The lowest BCUT2D eigenvalue weighted by molar-refractivity contribution is -0.161. The van der Waals surface area contributed by atoms with Crippen LogP contribution in [-0.4, -0.2) is 80.0 Å². The summed E-state index contributed by atoms with van der Waals surface area (Å²) in [7, 11) is -2.92. The standard InChI is InChI=1S/C51H98NO12P.C2H6/c1-9-13-17-21-23-27-35-44(33-25-19-15-11-3)49(55)59-39-31-29-37-47(53)61-41-46(42-62-65(57,58)64-51(6,7)43(5)52-8)63-48(54)38-30-32-40-60-50(56)45(34-26-20-16-12-4)36-28-24-22-18-14-10-2;1-2/h43-46,52H,9-42H2,1-8H3,(H,57,58);1-2H3. The zero-order chi connectivity index (χ0) is 50.6. The largest absolute Gasteiger partial charge is 0.472 e. The molecule has 0 aliphatic carbocycles. The Balaban J connectivity index is 0. The van der Waals surface area contributed by atoms with Crippen molar-refractivity contribution in [3.05, 3.63) is 0 Å². The summed E-state index contributed by atoms with van der Waals surface area (Å²) in [6.45, 7) is 17.3. The maximum Gasteiger partial charge on any atom is 0.472 e. The average Bonchev–Trinajstić information content (AvgIpc) is 3.30. The summed E-state index contributed by atoms with van der Waals surface area (Å²) in [6.07, 6.45) is 26.9. The van der Waals surface area contributed by atoms with Crippen molar-refractivity contribution in [2.24, 2.45) is 11.8 Å². The minimum atomic E-state index is -4.62. The van der Waals surface area contributed by atoms with E-state index < -0.39 is 44.7 Å². The molecule has 0 aromatic heterocycles. The zero-order valence-corrected chi connectivity index (χ0v) is 45.6. The van der Waals surface area contributed by atoms with Crippen LogP contribution in [0.25, 0.3) is 0 Å². The van der Waals surface area contributed by atoms with Crippen LogP contribution in [0.2, 0.25) is 0 Å². The van der Waals surface area contributed by atoms with Gasteiger partial charge in [0.25, 0.3) is 0 Å². The van der Waals surface area contributed by atoms with Gasteiger partial charge in [-0.2, -0.15) is 0 Å². The Kier molecular flexibility index (Phi) is 45.1. The van der Waals surface area contributed by atoms with Gasteiger partial charge in [-0.1, -0.05) is 170 Å². The van der Waals surface area contributed by atoms with Gasteiger partial charge in [-0.05, 0) is 79.2 Å². The smallest absolute Gasteiger partial charge is 0.465 e. The molecule has 0 heterocycles. The van der Waals surface area contributed by atoms with E-state index in [4.69, 9.17) is 28.0 Å². The van der Waals surface area contributed by atoms with Crippen LogP contribution in [0.1, 0.15) is 255 Å². The van der Waals surface area contributed by atoms with Crippen LogP contribution in [0.3, 0.4) is 0 Å². The van der Waals surface area contributed by atoms with Gasteiger partial charge in [0.15, 0.2) is 6.10 Å². The summed E-state index contributed by atoms with van der Waals surface area (Å²) in [4.78, 5) is 62.4. The van der Waals surface area contributed by atoms with Gasteiger partial charge in [-0.15, -0.1) is 0 Å². The number of likely N-dealkylation sites (N-methyl/N-ethyl adjacent to an activating group) is 1. The van der Waals surface area contributed by atoms with E-state index in [1.165, 1.54) is 51.4 Å². The van der Waals surface area contributed by atoms with Gasteiger partial charge in [-0.3, -0.25) is 28.2 Å². The summed E-state index contributed by atoms with van der Waals surface area (Å²) in [5.41, 5.74) is -1.08. The van der Waals surface area contributed by atoms with Crippen LogP contribution in [0, 0.1) is 11.8 Å². The number of ether oxygens (including phenoxy) is 4. The van der Waals surface area contributed by atoms with Crippen molar-refractivity contribution in [1.29, 1.82) is 0 Å². The van der Waals surface area contributed by atoms with Crippen molar-refractivity contribution in [3.8, 4) is 0 Å². The molecule has 398 valence electrons. The highest BCUT2D eigenvalue weighted by molar-refractivity contribution is 7.47. The molecule has 67 heavy (non-hydrogen) atoms. The van der Waals surface area contributed by atoms with Gasteiger partial charge < -0.3 is 29.2 Å². The lowest BCUT2D eigenvalue weighted by Crippen LogP contribution is -2.44. The Bertz CT molecular complexity index is 1250. The number of hydrogen-bond acceptors (Lipinski definition) is 12. The molecular formula is C53H104NO12P. The van der Waals surface area contributed by atoms with Gasteiger partial charge in [0.1, 0.15) is 6.61 Å². The number of phosphoric acid groups is 1. The maximum atomic E-state index is 13.1. The molecule has 2 N–H and O–H groups in total. The van der Waals surface area contributed by atoms with Gasteiger partial charge in [-0.25, -0.2) is 4.57 Å². The Morgan fingerprint density at radius 3 is 1.31 bits per heavy atom. The molecule has 5 atom stereocenters. The molecule has 0 spiro atoms. The van der Waals surface area contributed by atoms with Gasteiger partial charge in [0.05, 0.1) is 37.3 Å². The van der Waals surface area contributed by atoms with Crippen molar-refractivity contribution >= 4 is 31.7 Å². The summed E-state index contributed by atoms with van der Waals surface area (Å²) >= 11 is 0. The molecule has 0 aliphatic heterocycles. The second-order valence-corrected chi connectivity index (χ2v) is 20.1. The Labute approximate surface area is 410 Å². The van der Waals surface area contributed by atoms with E-state index in [9.17, 15) is 28.6 Å². The first kappa shape index (κ1) is 67.0. The molecule has 13 nitrogen and oxygen atoms in total. The predicted molar refractivity (Wildman–Crippen MR) is 272 cm³/mol. The number of carbonyl (C=O) groups is 4. The second-order valence-electron chi connectivity index (χ2n) is 18.7. The number of esters is 4. The molecule has 0 fully saturated rings. The van der Waals surface area contributed by atoms with Crippen LogP contribution < -0.4 is 5.32 Å². The van der Waals surface area contributed by atoms with Crippen LogP contribution >= 0.6 is 7.82 Å². The van der Waals surface area contributed by atoms with E-state index >= 15 is 0 Å². The molecule has 0 radical (unpaired) electrons. The highest BCUT2D eigenvalue weighted by Gasteiger charge is 2.37. The number of phosphoric ester groups is 1. The molecule has 0 saturated carbocycles. The molecule has 0 rings (SSSR count). The number of rotatable bonds is 46. The van der Waals surface area contributed by atoms with Crippen LogP contribution in [-0.2, 0) is 51.7 Å². The summed E-state index contributed by atoms with van der Waals surface area (Å²) in [5.74, 6) is -1.69. The molecule has 0 saturated heterocycles. The fraction of sp³-hybridized carbons (Fsp3) is 0.925. The molecule has 14 heteroatoms. The lowest BCUT2D eigenvalue weighted by atomic mass is 9.94. The van der Waals surface area contributed by atoms with Gasteiger partial charge in [0.2, 0.25) is 0 Å². The lowest BCUT2D eigenvalue weighted by Gasteiger charge is -2.32. The highest BCUT2D eigenvalue weighted by atomic mass is 31.2. The SMILES string of the molecule is CC.CCCCCCCCC(CCCCCC)C(=O)OCCCCC(=O)OCC(COP(=O)(O)OC(C)(C)C(C)NC)OC(=O)CCCCOC(=O)C(CCCCCC)CCCCCCCC. The Morgan fingerprint density at radius 1 is 0.537 bits per heavy atom. The van der Waals surface area contributed by atoms with Gasteiger partial charge in [0, 0.05) is 18.9 Å². The normalized spacial score (nSPS) is 14.2. The first-order valence-corrected chi connectivity index (χ1v) is 28.7. The number of unbranched alkanes of at least 4 members (excludes halogenated alkanes) is 18. The molecule has 0 aromatic rings. The minimum absolute atomic E-state index is 0.00250. The molecule has 0 aliphatic rings. The van der Waals surface area contributed by atoms with Crippen LogP contribution in [0.5, 0.6) is 0 Å². The molecule has 0 bridgehead atoms.